The molecule has 1 aliphatic heterocycles. The Balaban J connectivity index is 1.86. The van der Waals surface area contributed by atoms with Gasteiger partial charge in [-0.15, -0.1) is 0 Å². The largest absolute Gasteiger partial charge is 0.377 e. The number of aryl methyl sites for hydroxylation is 2. The van der Waals surface area contributed by atoms with Gasteiger partial charge < -0.3 is 4.74 Å². The summed E-state index contributed by atoms with van der Waals surface area (Å²) in [6.07, 6.45) is 2.91. The lowest BCUT2D eigenvalue weighted by Gasteiger charge is -2.25. The Hall–Kier alpha value is -0.870. The fourth-order valence-electron chi connectivity index (χ4n) is 2.86. The molecule has 0 spiro atoms. The summed E-state index contributed by atoms with van der Waals surface area (Å²) in [5.41, 5.74) is 2.38. The number of nitrogens with zero attached hydrogens (tertiary/aromatic N) is 3. The smallest absolute Gasteiger partial charge is 0.0597 e. The third-order valence-corrected chi connectivity index (χ3v) is 3.82. The molecule has 2 rings (SSSR count). The van der Waals surface area contributed by atoms with Gasteiger partial charge >= 0.3 is 0 Å². The van der Waals surface area contributed by atoms with Crippen LogP contribution in [0.4, 0.5) is 0 Å². The van der Waals surface area contributed by atoms with Crippen LogP contribution in [-0.4, -0.2) is 46.5 Å². The summed E-state index contributed by atoms with van der Waals surface area (Å²) >= 11 is 0. The van der Waals surface area contributed by atoms with Crippen LogP contribution in [0, 0.1) is 13.8 Å². The zero-order valence-corrected chi connectivity index (χ0v) is 12.7. The number of hydrogen-bond acceptors (Lipinski definition) is 3. The Morgan fingerprint density at radius 2 is 2.21 bits per heavy atom. The number of rotatable bonds is 6. The lowest BCUT2D eigenvalue weighted by Crippen LogP contribution is -2.36. The summed E-state index contributed by atoms with van der Waals surface area (Å²) in [5, 5.41) is 4.58. The Kier molecular flexibility index (Phi) is 4.99. The van der Waals surface area contributed by atoms with E-state index in [2.05, 4.69) is 48.4 Å². The Morgan fingerprint density at radius 3 is 2.84 bits per heavy atom. The Morgan fingerprint density at radius 1 is 1.42 bits per heavy atom. The number of hydrogen-bond donors (Lipinski definition) is 0. The van der Waals surface area contributed by atoms with Crippen LogP contribution in [0.1, 0.15) is 38.1 Å². The molecule has 0 saturated carbocycles. The van der Waals surface area contributed by atoms with Crippen molar-refractivity contribution >= 4 is 0 Å². The lowest BCUT2D eigenvalue weighted by molar-refractivity contribution is 0.0545. The molecule has 0 aromatic carbocycles. The average molecular weight is 265 g/mol. The molecule has 0 amide bonds. The van der Waals surface area contributed by atoms with Crippen molar-refractivity contribution in [1.82, 2.24) is 14.7 Å². The molecule has 0 bridgehead atoms. The maximum atomic E-state index is 5.67. The molecule has 1 atom stereocenters. The summed E-state index contributed by atoms with van der Waals surface area (Å²) < 4.78 is 7.82. The first-order chi connectivity index (χ1) is 9.06. The first kappa shape index (κ1) is 14.5. The second kappa shape index (κ2) is 6.53. The second-order valence-corrected chi connectivity index (χ2v) is 5.86. The van der Waals surface area contributed by atoms with E-state index in [-0.39, 0.29) is 0 Å². The van der Waals surface area contributed by atoms with E-state index in [9.17, 15) is 0 Å². The van der Waals surface area contributed by atoms with Gasteiger partial charge in [0.05, 0.1) is 24.9 Å². The third kappa shape index (κ3) is 4.05. The average Bonchev–Trinajstić information content (AvgIpc) is 2.87. The van der Waals surface area contributed by atoms with Gasteiger partial charge in [-0.3, -0.25) is 9.58 Å². The van der Waals surface area contributed by atoms with E-state index in [0.29, 0.717) is 12.1 Å². The van der Waals surface area contributed by atoms with E-state index >= 15 is 0 Å². The minimum Gasteiger partial charge on any atom is -0.377 e. The van der Waals surface area contributed by atoms with Gasteiger partial charge in [0.1, 0.15) is 0 Å². The lowest BCUT2D eigenvalue weighted by atomic mass is 10.2. The van der Waals surface area contributed by atoms with Crippen molar-refractivity contribution in [3.8, 4) is 0 Å². The molecule has 1 unspecified atom stereocenters. The van der Waals surface area contributed by atoms with Gasteiger partial charge in [-0.2, -0.15) is 5.10 Å². The van der Waals surface area contributed by atoms with Crippen LogP contribution < -0.4 is 0 Å². The first-order valence-corrected chi connectivity index (χ1v) is 7.43. The Labute approximate surface area is 116 Å². The number of likely N-dealkylation sites (tertiary alicyclic amines) is 1. The fourth-order valence-corrected chi connectivity index (χ4v) is 2.86. The van der Waals surface area contributed by atoms with Crippen LogP contribution in [-0.2, 0) is 11.3 Å². The van der Waals surface area contributed by atoms with Crippen LogP contribution in [0.15, 0.2) is 6.07 Å². The van der Waals surface area contributed by atoms with E-state index in [0.717, 1.165) is 25.4 Å². The van der Waals surface area contributed by atoms with Crippen molar-refractivity contribution in [3.63, 3.8) is 0 Å². The van der Waals surface area contributed by atoms with E-state index in [1.54, 1.807) is 0 Å². The second-order valence-electron chi connectivity index (χ2n) is 5.86. The molecule has 1 aromatic heterocycles. The molecule has 1 fully saturated rings. The van der Waals surface area contributed by atoms with Crippen molar-refractivity contribution in [2.24, 2.45) is 0 Å². The standard InChI is InChI=1S/C15H27N3O/c1-12(2)19-9-8-17-7-5-6-15(17)11-18-14(4)10-13(3)16-18/h10,12,15H,5-9,11H2,1-4H3. The zero-order valence-electron chi connectivity index (χ0n) is 12.7. The van der Waals surface area contributed by atoms with E-state index in [1.165, 1.54) is 25.1 Å². The predicted octanol–water partition coefficient (Wildman–Crippen LogP) is 2.39. The quantitative estimate of drug-likeness (QED) is 0.791. The highest BCUT2D eigenvalue weighted by atomic mass is 16.5. The molecule has 19 heavy (non-hydrogen) atoms. The fraction of sp³-hybridized carbons (Fsp3) is 0.800. The molecule has 0 radical (unpaired) electrons. The normalized spacial score (nSPS) is 20.6. The number of ether oxygens (including phenoxy) is 1. The Bertz CT molecular complexity index is 400. The van der Waals surface area contributed by atoms with Crippen molar-refractivity contribution in [3.05, 3.63) is 17.5 Å². The molecule has 0 N–H and O–H groups in total. The molecular weight excluding hydrogens is 238 g/mol. The maximum absolute atomic E-state index is 5.67. The van der Waals surface area contributed by atoms with Gasteiger partial charge in [-0.05, 0) is 53.1 Å². The summed E-state index contributed by atoms with van der Waals surface area (Å²) in [5.74, 6) is 0. The van der Waals surface area contributed by atoms with Crippen LogP contribution in [0.2, 0.25) is 0 Å². The molecule has 108 valence electrons. The number of aromatic nitrogens is 2. The van der Waals surface area contributed by atoms with Crippen molar-refractivity contribution in [2.75, 3.05) is 19.7 Å². The predicted molar refractivity (Wildman–Crippen MR) is 77.4 cm³/mol. The van der Waals surface area contributed by atoms with E-state index in [1.807, 2.05) is 0 Å². The molecule has 1 saturated heterocycles. The van der Waals surface area contributed by atoms with E-state index in [4.69, 9.17) is 4.74 Å². The minimum absolute atomic E-state index is 0.331. The molecule has 4 nitrogen and oxygen atoms in total. The van der Waals surface area contributed by atoms with Crippen molar-refractivity contribution < 1.29 is 4.74 Å². The molecular formula is C15H27N3O. The van der Waals surface area contributed by atoms with Crippen molar-refractivity contribution in [1.29, 1.82) is 0 Å². The van der Waals surface area contributed by atoms with Gasteiger partial charge in [0.15, 0.2) is 0 Å². The molecule has 2 heterocycles. The summed E-state index contributed by atoms with van der Waals surface area (Å²) in [6.45, 7) is 12.5. The topological polar surface area (TPSA) is 30.3 Å². The monoisotopic (exact) mass is 265 g/mol. The van der Waals surface area contributed by atoms with Crippen LogP contribution in [0.3, 0.4) is 0 Å². The van der Waals surface area contributed by atoms with Crippen LogP contribution >= 0.6 is 0 Å². The van der Waals surface area contributed by atoms with Gasteiger partial charge in [0.25, 0.3) is 0 Å². The molecule has 4 heteroatoms. The van der Waals surface area contributed by atoms with Crippen LogP contribution in [0.25, 0.3) is 0 Å². The summed E-state index contributed by atoms with van der Waals surface area (Å²) in [6, 6.07) is 2.77. The van der Waals surface area contributed by atoms with Crippen LogP contribution in [0.5, 0.6) is 0 Å². The van der Waals surface area contributed by atoms with E-state index < -0.39 is 0 Å². The molecule has 1 aromatic rings. The van der Waals surface area contributed by atoms with Gasteiger partial charge in [0.2, 0.25) is 0 Å². The zero-order chi connectivity index (χ0) is 13.8. The summed E-state index contributed by atoms with van der Waals surface area (Å²) in [7, 11) is 0. The molecule has 1 aliphatic rings. The third-order valence-electron chi connectivity index (χ3n) is 3.82. The molecule has 0 aliphatic carbocycles. The van der Waals surface area contributed by atoms with Gasteiger partial charge in [0, 0.05) is 18.3 Å². The van der Waals surface area contributed by atoms with Crippen molar-refractivity contribution in [2.45, 2.75) is 59.2 Å². The highest BCUT2D eigenvalue weighted by Crippen LogP contribution is 2.19. The highest BCUT2D eigenvalue weighted by Gasteiger charge is 2.25. The van der Waals surface area contributed by atoms with Gasteiger partial charge in [-0.25, -0.2) is 0 Å². The minimum atomic E-state index is 0.331. The SMILES string of the molecule is Cc1cc(C)n(CC2CCCN2CCOC(C)C)n1. The summed E-state index contributed by atoms with van der Waals surface area (Å²) in [4.78, 5) is 2.55. The first-order valence-electron chi connectivity index (χ1n) is 7.43. The highest BCUT2D eigenvalue weighted by molar-refractivity contribution is 5.06. The van der Waals surface area contributed by atoms with Gasteiger partial charge in [-0.1, -0.05) is 0 Å². The maximum Gasteiger partial charge on any atom is 0.0597 e.